The summed E-state index contributed by atoms with van der Waals surface area (Å²) in [6, 6.07) is 21.8. The van der Waals surface area contributed by atoms with Crippen LogP contribution in [-0.4, -0.2) is 4.98 Å². The van der Waals surface area contributed by atoms with Gasteiger partial charge in [0.2, 0.25) is 5.89 Å². The highest BCUT2D eigenvalue weighted by Crippen LogP contribution is 2.34. The van der Waals surface area contributed by atoms with Crippen LogP contribution in [0.4, 0.5) is 13.2 Å². The highest BCUT2D eigenvalue weighted by molar-refractivity contribution is 6.30. The number of benzene rings is 3. The van der Waals surface area contributed by atoms with Gasteiger partial charge >= 0.3 is 6.18 Å². The maximum Gasteiger partial charge on any atom is 0.416 e. The van der Waals surface area contributed by atoms with E-state index in [1.54, 1.807) is 25.1 Å². The van der Waals surface area contributed by atoms with E-state index < -0.39 is 17.8 Å². The van der Waals surface area contributed by atoms with Crippen molar-refractivity contribution in [3.63, 3.8) is 0 Å². The van der Waals surface area contributed by atoms with Crippen molar-refractivity contribution < 1.29 is 22.3 Å². The van der Waals surface area contributed by atoms with Crippen molar-refractivity contribution in [1.29, 1.82) is 0 Å². The van der Waals surface area contributed by atoms with Crippen LogP contribution in [-0.2, 0) is 12.6 Å². The maximum atomic E-state index is 12.9. The summed E-state index contributed by atoms with van der Waals surface area (Å²) in [5, 5.41) is 0.550. The number of hydrogen-bond donors (Lipinski definition) is 0. The molecule has 0 saturated heterocycles. The molecule has 0 aliphatic heterocycles. The molecule has 0 amide bonds. The van der Waals surface area contributed by atoms with E-state index in [4.69, 9.17) is 20.8 Å². The number of rotatable bonds is 7. The normalized spacial score (nSPS) is 12.5. The van der Waals surface area contributed by atoms with Gasteiger partial charge in [-0.25, -0.2) is 4.98 Å². The number of alkyl halides is 3. The number of halogens is 4. The lowest BCUT2D eigenvalue weighted by Gasteiger charge is -2.18. The molecule has 1 heterocycles. The quantitative estimate of drug-likeness (QED) is 0.273. The molecule has 1 unspecified atom stereocenters. The Morgan fingerprint density at radius 3 is 2.36 bits per heavy atom. The summed E-state index contributed by atoms with van der Waals surface area (Å²) in [7, 11) is 0. The Hall–Kier alpha value is -3.25. The SMILES string of the molecule is Cc1nc(-c2ccc(C(F)(F)F)cc2)oc1C(CCc1ccccc1)Oc1cccc(Cl)c1. The Morgan fingerprint density at radius 2 is 1.70 bits per heavy atom. The van der Waals surface area contributed by atoms with Crippen LogP contribution < -0.4 is 4.74 Å². The molecule has 0 radical (unpaired) electrons. The Bertz CT molecular complexity index is 1200. The van der Waals surface area contributed by atoms with Gasteiger partial charge in [-0.3, -0.25) is 0 Å². The van der Waals surface area contributed by atoms with E-state index >= 15 is 0 Å². The molecule has 1 atom stereocenters. The average Bonchev–Trinajstić information content (AvgIpc) is 3.18. The molecular formula is C26H21ClF3NO2. The van der Waals surface area contributed by atoms with Gasteiger partial charge in [0.1, 0.15) is 5.75 Å². The minimum Gasteiger partial charge on any atom is -0.482 e. The zero-order valence-corrected chi connectivity index (χ0v) is 18.5. The number of aromatic nitrogens is 1. The summed E-state index contributed by atoms with van der Waals surface area (Å²) in [5.74, 6) is 1.36. The third-order valence-corrected chi connectivity index (χ3v) is 5.43. The van der Waals surface area contributed by atoms with Crippen molar-refractivity contribution in [2.75, 3.05) is 0 Å². The summed E-state index contributed by atoms with van der Waals surface area (Å²) in [6.07, 6.45) is -3.51. The standard InChI is InChI=1S/C26H21ClF3NO2/c1-17-24(33-25(31-17)19-11-13-20(14-12-19)26(28,29)30)23(15-10-18-6-3-2-4-7-18)32-22-9-5-8-21(27)16-22/h2-9,11-14,16,23H,10,15H2,1H3. The molecule has 0 spiro atoms. The lowest BCUT2D eigenvalue weighted by Crippen LogP contribution is -2.09. The van der Waals surface area contributed by atoms with Gasteiger partial charge in [0.15, 0.2) is 11.9 Å². The Labute approximate surface area is 194 Å². The molecule has 0 aliphatic rings. The van der Waals surface area contributed by atoms with Gasteiger partial charge in [0.25, 0.3) is 0 Å². The van der Waals surface area contributed by atoms with Crippen LogP contribution in [0.5, 0.6) is 5.75 Å². The molecule has 33 heavy (non-hydrogen) atoms. The van der Waals surface area contributed by atoms with Crippen molar-refractivity contribution in [2.24, 2.45) is 0 Å². The number of ether oxygens (including phenoxy) is 1. The molecule has 1 aromatic heterocycles. The topological polar surface area (TPSA) is 35.3 Å². The van der Waals surface area contributed by atoms with Crippen molar-refractivity contribution in [3.05, 3.63) is 106 Å². The van der Waals surface area contributed by atoms with E-state index in [2.05, 4.69) is 4.98 Å². The van der Waals surface area contributed by atoms with Gasteiger partial charge < -0.3 is 9.15 Å². The van der Waals surface area contributed by atoms with Crippen molar-refractivity contribution in [1.82, 2.24) is 4.98 Å². The summed E-state index contributed by atoms with van der Waals surface area (Å²) in [6.45, 7) is 1.79. The highest BCUT2D eigenvalue weighted by Gasteiger charge is 2.30. The van der Waals surface area contributed by atoms with Crippen LogP contribution in [0.2, 0.25) is 5.02 Å². The van der Waals surface area contributed by atoms with Gasteiger partial charge in [0.05, 0.1) is 11.3 Å². The van der Waals surface area contributed by atoms with E-state index in [1.807, 2.05) is 36.4 Å². The monoisotopic (exact) mass is 471 g/mol. The molecular weight excluding hydrogens is 451 g/mol. The van der Waals surface area contributed by atoms with Crippen molar-refractivity contribution in [3.8, 4) is 17.2 Å². The largest absolute Gasteiger partial charge is 0.482 e. The molecule has 0 fully saturated rings. The predicted octanol–water partition coefficient (Wildman–Crippen LogP) is 8.08. The van der Waals surface area contributed by atoms with Gasteiger partial charge in [-0.15, -0.1) is 0 Å². The average molecular weight is 472 g/mol. The number of aryl methyl sites for hydroxylation is 2. The third-order valence-electron chi connectivity index (χ3n) is 5.20. The maximum absolute atomic E-state index is 12.9. The molecule has 7 heteroatoms. The lowest BCUT2D eigenvalue weighted by molar-refractivity contribution is -0.137. The predicted molar refractivity (Wildman–Crippen MR) is 121 cm³/mol. The molecule has 3 nitrogen and oxygen atoms in total. The van der Waals surface area contributed by atoms with E-state index in [0.29, 0.717) is 34.2 Å². The molecule has 4 rings (SSSR count). The van der Waals surface area contributed by atoms with Crippen LogP contribution in [0.15, 0.2) is 83.3 Å². The summed E-state index contributed by atoms with van der Waals surface area (Å²) < 4.78 is 50.9. The fraction of sp³-hybridized carbons (Fsp3) is 0.192. The van der Waals surface area contributed by atoms with Crippen molar-refractivity contribution in [2.45, 2.75) is 32.0 Å². The van der Waals surface area contributed by atoms with E-state index in [1.165, 1.54) is 12.1 Å². The first-order valence-electron chi connectivity index (χ1n) is 10.4. The number of oxazole rings is 1. The second-order valence-corrected chi connectivity index (χ2v) is 8.07. The number of nitrogens with zero attached hydrogens (tertiary/aromatic N) is 1. The first-order valence-corrected chi connectivity index (χ1v) is 10.8. The highest BCUT2D eigenvalue weighted by atomic mass is 35.5. The second-order valence-electron chi connectivity index (χ2n) is 7.63. The van der Waals surface area contributed by atoms with Gasteiger partial charge in [-0.2, -0.15) is 13.2 Å². The van der Waals surface area contributed by atoms with Gasteiger partial charge in [-0.1, -0.05) is 48.0 Å². The molecule has 0 bridgehead atoms. The Kier molecular flexibility index (Phi) is 6.75. The fourth-order valence-corrected chi connectivity index (χ4v) is 3.70. The van der Waals surface area contributed by atoms with Crippen molar-refractivity contribution >= 4 is 11.6 Å². The van der Waals surface area contributed by atoms with Crippen LogP contribution in [0.3, 0.4) is 0 Å². The molecule has 170 valence electrons. The smallest absolute Gasteiger partial charge is 0.416 e. The molecule has 3 aromatic carbocycles. The van der Waals surface area contributed by atoms with Crippen LogP contribution in [0.25, 0.3) is 11.5 Å². The van der Waals surface area contributed by atoms with E-state index in [-0.39, 0.29) is 5.89 Å². The zero-order chi connectivity index (χ0) is 23.4. The lowest BCUT2D eigenvalue weighted by atomic mass is 10.0. The molecule has 4 aromatic rings. The summed E-state index contributed by atoms with van der Waals surface area (Å²) >= 11 is 6.11. The molecule has 0 aliphatic carbocycles. The van der Waals surface area contributed by atoms with Crippen LogP contribution >= 0.6 is 11.6 Å². The molecule has 0 N–H and O–H groups in total. The van der Waals surface area contributed by atoms with E-state index in [9.17, 15) is 13.2 Å². The minimum atomic E-state index is -4.40. The van der Waals surface area contributed by atoms with Gasteiger partial charge in [0, 0.05) is 10.6 Å². The Balaban J connectivity index is 1.62. The zero-order valence-electron chi connectivity index (χ0n) is 17.8. The summed E-state index contributed by atoms with van der Waals surface area (Å²) in [5.41, 5.74) is 1.50. The third kappa shape index (κ3) is 5.76. The van der Waals surface area contributed by atoms with Gasteiger partial charge in [-0.05, 0) is 67.8 Å². The Morgan fingerprint density at radius 1 is 0.970 bits per heavy atom. The second kappa shape index (κ2) is 9.71. The van der Waals surface area contributed by atoms with E-state index in [0.717, 1.165) is 24.1 Å². The first-order chi connectivity index (χ1) is 15.8. The summed E-state index contributed by atoms with van der Waals surface area (Å²) in [4.78, 5) is 4.45. The number of hydrogen-bond acceptors (Lipinski definition) is 3. The minimum absolute atomic E-state index is 0.246. The van der Waals surface area contributed by atoms with Crippen LogP contribution in [0.1, 0.15) is 35.1 Å². The van der Waals surface area contributed by atoms with Crippen LogP contribution in [0, 0.1) is 6.92 Å². The fourth-order valence-electron chi connectivity index (χ4n) is 3.52. The molecule has 0 saturated carbocycles. The first kappa shape index (κ1) is 22.9.